The van der Waals surface area contributed by atoms with Gasteiger partial charge in [-0.3, -0.25) is 9.59 Å². The van der Waals surface area contributed by atoms with E-state index < -0.39 is 0 Å². The lowest BCUT2D eigenvalue weighted by atomic mass is 10.1. The zero-order chi connectivity index (χ0) is 32.6. The molecular formula is C34H29ClIN5O4S. The van der Waals surface area contributed by atoms with Gasteiger partial charge in [0.2, 0.25) is 0 Å². The molecule has 1 aromatic heterocycles. The van der Waals surface area contributed by atoms with Crippen LogP contribution in [0.4, 0.5) is 16.5 Å². The van der Waals surface area contributed by atoms with E-state index in [9.17, 15) is 9.59 Å². The summed E-state index contributed by atoms with van der Waals surface area (Å²) in [5.41, 5.74) is 9.01. The average molecular weight is 766 g/mol. The fourth-order valence-electron chi connectivity index (χ4n) is 4.29. The zero-order valence-corrected chi connectivity index (χ0v) is 28.8. The van der Waals surface area contributed by atoms with E-state index in [2.05, 4.69) is 48.7 Å². The number of hydrazone groups is 1. The molecule has 0 saturated heterocycles. The Morgan fingerprint density at radius 1 is 1.02 bits per heavy atom. The zero-order valence-electron chi connectivity index (χ0n) is 25.1. The smallest absolute Gasteiger partial charge is 0.271 e. The van der Waals surface area contributed by atoms with Crippen molar-refractivity contribution < 1.29 is 19.1 Å². The van der Waals surface area contributed by atoms with E-state index in [-0.39, 0.29) is 18.4 Å². The lowest BCUT2D eigenvalue weighted by Gasteiger charge is -2.14. The molecule has 9 nitrogen and oxygen atoms in total. The van der Waals surface area contributed by atoms with Crippen LogP contribution in [0.1, 0.15) is 27.0 Å². The number of benzene rings is 4. The van der Waals surface area contributed by atoms with Crippen molar-refractivity contribution in [1.29, 1.82) is 0 Å². The summed E-state index contributed by atoms with van der Waals surface area (Å²) in [5.74, 6) is 0.231. The van der Waals surface area contributed by atoms with Crippen LogP contribution in [0, 0.1) is 17.4 Å². The minimum Gasteiger partial charge on any atom is -0.493 e. The summed E-state index contributed by atoms with van der Waals surface area (Å²) in [4.78, 5) is 29.9. The SMILES string of the molecule is COc1cc(/C=N\NC(=O)c2ccc(-c3csc(Nc4ccc(Cl)cc4)n3)cc2)cc(I)c1OCC(=O)Nc1cc(C)ccc1C. The van der Waals surface area contributed by atoms with Gasteiger partial charge in [-0.05, 0) is 108 Å². The van der Waals surface area contributed by atoms with Crippen molar-refractivity contribution in [1.82, 2.24) is 10.4 Å². The number of halogens is 2. The second-order valence-electron chi connectivity index (χ2n) is 10.1. The van der Waals surface area contributed by atoms with Crippen molar-refractivity contribution in [2.24, 2.45) is 5.10 Å². The molecule has 0 bridgehead atoms. The van der Waals surface area contributed by atoms with Gasteiger partial charge in [0, 0.05) is 32.9 Å². The second-order valence-corrected chi connectivity index (χ2v) is 12.6. The monoisotopic (exact) mass is 765 g/mol. The van der Waals surface area contributed by atoms with E-state index in [1.807, 2.05) is 79.9 Å². The standard InChI is InChI=1S/C34H29ClIN5O4S/c1-20-4-5-21(2)28(14-20)39-31(42)18-45-32-27(36)15-22(16-30(32)44-3)17-37-41-33(43)24-8-6-23(7-9-24)29-19-46-34(40-29)38-26-12-10-25(35)11-13-26/h4-17,19H,18H2,1-3H3,(H,38,40)(H,39,42)(H,41,43)/b37-17-. The van der Waals surface area contributed by atoms with Crippen molar-refractivity contribution in [2.45, 2.75) is 13.8 Å². The Bertz CT molecular complexity index is 1900. The molecule has 0 saturated carbocycles. The van der Waals surface area contributed by atoms with E-state index in [0.717, 1.165) is 38.9 Å². The minimum atomic E-state index is -0.359. The predicted octanol–water partition coefficient (Wildman–Crippen LogP) is 8.22. The van der Waals surface area contributed by atoms with E-state index in [0.29, 0.717) is 31.2 Å². The van der Waals surface area contributed by atoms with Crippen LogP contribution in [-0.2, 0) is 4.79 Å². The number of aromatic nitrogens is 1. The number of hydrogen-bond acceptors (Lipinski definition) is 8. The van der Waals surface area contributed by atoms with E-state index in [1.54, 1.807) is 18.2 Å². The van der Waals surface area contributed by atoms with Crippen LogP contribution >= 0.6 is 45.5 Å². The molecule has 46 heavy (non-hydrogen) atoms. The highest BCUT2D eigenvalue weighted by Crippen LogP contribution is 2.34. The van der Waals surface area contributed by atoms with Crippen molar-refractivity contribution >= 4 is 80.1 Å². The molecule has 4 aromatic carbocycles. The molecule has 0 aliphatic carbocycles. The molecule has 2 amide bonds. The number of aryl methyl sites for hydroxylation is 2. The largest absolute Gasteiger partial charge is 0.493 e. The first-order chi connectivity index (χ1) is 22.2. The van der Waals surface area contributed by atoms with Crippen LogP contribution in [0.15, 0.2) is 89.3 Å². The van der Waals surface area contributed by atoms with Gasteiger partial charge in [-0.1, -0.05) is 35.9 Å². The Balaban J connectivity index is 1.16. The average Bonchev–Trinajstić information content (AvgIpc) is 3.51. The van der Waals surface area contributed by atoms with Gasteiger partial charge >= 0.3 is 0 Å². The molecule has 1 heterocycles. The Hall–Kier alpha value is -4.46. The summed E-state index contributed by atoms with van der Waals surface area (Å²) in [6.07, 6.45) is 1.51. The number of methoxy groups -OCH3 is 1. The van der Waals surface area contributed by atoms with Crippen LogP contribution in [-0.4, -0.2) is 36.7 Å². The third kappa shape index (κ3) is 8.62. The van der Waals surface area contributed by atoms with Crippen molar-refractivity contribution in [3.8, 4) is 22.8 Å². The number of nitrogens with one attached hydrogen (secondary N) is 3. The summed E-state index contributed by atoms with van der Waals surface area (Å²) in [5, 5.41) is 13.6. The normalized spacial score (nSPS) is 10.9. The Kier molecular flexibility index (Phi) is 10.9. The number of carbonyl (C=O) groups is 2. The Labute approximate surface area is 289 Å². The Morgan fingerprint density at radius 2 is 1.78 bits per heavy atom. The van der Waals surface area contributed by atoms with Crippen molar-refractivity contribution in [2.75, 3.05) is 24.4 Å². The molecule has 5 rings (SSSR count). The molecule has 5 aromatic rings. The lowest BCUT2D eigenvalue weighted by molar-refractivity contribution is -0.118. The maximum Gasteiger partial charge on any atom is 0.271 e. The van der Waals surface area contributed by atoms with Gasteiger partial charge in [0.05, 0.1) is 22.6 Å². The molecule has 3 N–H and O–H groups in total. The first-order valence-corrected chi connectivity index (χ1v) is 16.3. The van der Waals surface area contributed by atoms with Crippen LogP contribution in [0.5, 0.6) is 11.5 Å². The lowest BCUT2D eigenvalue weighted by Crippen LogP contribution is -2.21. The predicted molar refractivity (Wildman–Crippen MR) is 193 cm³/mol. The summed E-state index contributed by atoms with van der Waals surface area (Å²) >= 11 is 9.55. The van der Waals surface area contributed by atoms with Crippen molar-refractivity contribution in [3.05, 3.63) is 115 Å². The van der Waals surface area contributed by atoms with Gasteiger partial charge in [0.25, 0.3) is 11.8 Å². The number of anilines is 3. The fourth-order valence-corrected chi connectivity index (χ4v) is 5.94. The van der Waals surface area contributed by atoms with Gasteiger partial charge in [-0.15, -0.1) is 11.3 Å². The summed E-state index contributed by atoms with van der Waals surface area (Å²) < 4.78 is 12.0. The number of nitrogens with zero attached hydrogens (tertiary/aromatic N) is 2. The molecular weight excluding hydrogens is 737 g/mol. The van der Waals surface area contributed by atoms with Crippen LogP contribution in [0.2, 0.25) is 5.02 Å². The molecule has 0 atom stereocenters. The van der Waals surface area contributed by atoms with Gasteiger partial charge in [-0.2, -0.15) is 5.10 Å². The second kappa shape index (κ2) is 15.2. The fraction of sp³-hybridized carbons (Fsp3) is 0.118. The third-order valence-corrected chi connectivity index (χ3v) is 8.50. The first-order valence-electron chi connectivity index (χ1n) is 14.0. The number of hydrogen-bond donors (Lipinski definition) is 3. The maximum absolute atomic E-state index is 12.7. The highest BCUT2D eigenvalue weighted by molar-refractivity contribution is 14.1. The topological polar surface area (TPSA) is 114 Å². The first kappa shape index (κ1) is 32.9. The molecule has 0 aliphatic heterocycles. The number of rotatable bonds is 11. The molecule has 0 radical (unpaired) electrons. The molecule has 234 valence electrons. The summed E-state index contributed by atoms with van der Waals surface area (Å²) in [6, 6.07) is 23.9. The number of amides is 2. The van der Waals surface area contributed by atoms with Crippen LogP contribution in [0.25, 0.3) is 11.3 Å². The third-order valence-electron chi connectivity index (χ3n) is 6.69. The van der Waals surface area contributed by atoms with Gasteiger partial charge in [0.15, 0.2) is 23.2 Å². The number of thiazole rings is 1. The van der Waals surface area contributed by atoms with Crippen LogP contribution in [0.3, 0.4) is 0 Å². The highest BCUT2D eigenvalue weighted by atomic mass is 127. The van der Waals surface area contributed by atoms with Crippen molar-refractivity contribution in [3.63, 3.8) is 0 Å². The van der Waals surface area contributed by atoms with Gasteiger partial charge in [0.1, 0.15) is 0 Å². The van der Waals surface area contributed by atoms with Gasteiger partial charge < -0.3 is 20.1 Å². The maximum atomic E-state index is 12.7. The quantitative estimate of drug-likeness (QED) is 0.0710. The van der Waals surface area contributed by atoms with E-state index in [4.69, 9.17) is 21.1 Å². The molecule has 0 spiro atoms. The van der Waals surface area contributed by atoms with Gasteiger partial charge in [-0.25, -0.2) is 10.4 Å². The molecule has 0 aliphatic rings. The molecule has 0 fully saturated rings. The molecule has 12 heteroatoms. The van der Waals surface area contributed by atoms with E-state index >= 15 is 0 Å². The highest BCUT2D eigenvalue weighted by Gasteiger charge is 2.14. The van der Waals surface area contributed by atoms with E-state index in [1.165, 1.54) is 24.7 Å². The summed E-state index contributed by atoms with van der Waals surface area (Å²) in [7, 11) is 1.52. The van der Waals surface area contributed by atoms with Crippen LogP contribution < -0.4 is 25.5 Å². The minimum absolute atomic E-state index is 0.189. The molecule has 0 unspecified atom stereocenters. The number of carbonyl (C=O) groups excluding carboxylic acids is 2. The Morgan fingerprint density at radius 3 is 2.52 bits per heavy atom. The number of ether oxygens (including phenoxy) is 2. The summed E-state index contributed by atoms with van der Waals surface area (Å²) in [6.45, 7) is 3.71.